The molecule has 2 heteroatoms. The van der Waals surface area contributed by atoms with Crippen molar-refractivity contribution >= 4 is 11.6 Å². The Labute approximate surface area is 116 Å². The highest BCUT2D eigenvalue weighted by atomic mass is 35.5. The van der Waals surface area contributed by atoms with Gasteiger partial charge in [0.1, 0.15) is 0 Å². The van der Waals surface area contributed by atoms with Gasteiger partial charge in [0.2, 0.25) is 0 Å². The Bertz CT molecular complexity index is 347. The van der Waals surface area contributed by atoms with Crippen molar-refractivity contribution in [3.05, 3.63) is 35.4 Å². The average molecular weight is 266 g/mol. The fourth-order valence-corrected chi connectivity index (χ4v) is 3.17. The lowest BCUT2D eigenvalue weighted by molar-refractivity contribution is 0.282. The highest BCUT2D eigenvalue weighted by Gasteiger charge is 2.23. The van der Waals surface area contributed by atoms with Crippen molar-refractivity contribution in [1.82, 2.24) is 5.32 Å². The molecule has 18 heavy (non-hydrogen) atoms. The second-order valence-electron chi connectivity index (χ2n) is 5.36. The highest BCUT2D eigenvalue weighted by molar-refractivity contribution is 6.18. The molecule has 100 valence electrons. The maximum Gasteiger partial charge on any atom is 0.0266 e. The zero-order chi connectivity index (χ0) is 12.8. The van der Waals surface area contributed by atoms with Crippen molar-refractivity contribution in [2.75, 3.05) is 5.88 Å². The van der Waals surface area contributed by atoms with Gasteiger partial charge in [0, 0.05) is 18.5 Å². The van der Waals surface area contributed by atoms with E-state index in [1.54, 1.807) is 0 Å². The maximum absolute atomic E-state index is 6.06. The molecule has 1 N–H and O–H groups in total. The Morgan fingerprint density at radius 1 is 1.11 bits per heavy atom. The first-order valence-corrected chi connectivity index (χ1v) is 7.74. The molecule has 2 rings (SSSR count). The van der Waals surface area contributed by atoms with Gasteiger partial charge in [0.25, 0.3) is 0 Å². The van der Waals surface area contributed by atoms with Crippen LogP contribution in [0.1, 0.15) is 43.7 Å². The van der Waals surface area contributed by atoms with E-state index in [0.717, 1.165) is 18.8 Å². The Hall–Kier alpha value is -0.530. The molecule has 0 saturated heterocycles. The molecule has 2 unspecified atom stereocenters. The van der Waals surface area contributed by atoms with E-state index in [0.29, 0.717) is 12.0 Å². The van der Waals surface area contributed by atoms with E-state index < -0.39 is 0 Å². The van der Waals surface area contributed by atoms with Gasteiger partial charge < -0.3 is 5.32 Å². The molecule has 1 aromatic carbocycles. The van der Waals surface area contributed by atoms with Gasteiger partial charge in [-0.1, -0.05) is 44.0 Å². The minimum absolute atomic E-state index is 0.613. The Balaban J connectivity index is 1.85. The molecule has 0 radical (unpaired) electrons. The van der Waals surface area contributed by atoms with E-state index in [9.17, 15) is 0 Å². The number of nitrogens with one attached hydrogen (secondary N) is 1. The molecule has 1 aliphatic rings. The molecule has 0 spiro atoms. The molecule has 1 aromatic rings. The van der Waals surface area contributed by atoms with Crippen LogP contribution in [0.5, 0.6) is 0 Å². The predicted molar refractivity (Wildman–Crippen MR) is 79.1 cm³/mol. The molecular weight excluding hydrogens is 242 g/mol. The second kappa shape index (κ2) is 7.16. The number of hydrogen-bond donors (Lipinski definition) is 1. The molecule has 0 bridgehead atoms. The lowest BCUT2D eigenvalue weighted by Gasteiger charge is -2.31. The molecule has 1 nitrogen and oxygen atoms in total. The van der Waals surface area contributed by atoms with Gasteiger partial charge in [0.05, 0.1) is 0 Å². The molecular formula is C16H24ClN. The van der Waals surface area contributed by atoms with Crippen molar-refractivity contribution in [2.24, 2.45) is 5.92 Å². The number of aryl methyl sites for hydroxylation is 1. The lowest BCUT2D eigenvalue weighted by atomic mass is 9.85. The van der Waals surface area contributed by atoms with Crippen LogP contribution in [0, 0.1) is 5.92 Å². The quantitative estimate of drug-likeness (QED) is 0.789. The van der Waals surface area contributed by atoms with Gasteiger partial charge in [-0.05, 0) is 36.3 Å². The number of hydrogen-bond acceptors (Lipinski definition) is 1. The first-order chi connectivity index (χ1) is 8.83. The Morgan fingerprint density at radius 2 is 1.78 bits per heavy atom. The van der Waals surface area contributed by atoms with Crippen LogP contribution in [0.3, 0.4) is 0 Å². The van der Waals surface area contributed by atoms with Crippen molar-refractivity contribution in [3.63, 3.8) is 0 Å². The minimum atomic E-state index is 0.613. The largest absolute Gasteiger partial charge is 0.310 e. The number of halogens is 1. The van der Waals surface area contributed by atoms with Crippen LogP contribution in [0.15, 0.2) is 24.3 Å². The number of alkyl halides is 1. The lowest BCUT2D eigenvalue weighted by Crippen LogP contribution is -2.38. The minimum Gasteiger partial charge on any atom is -0.310 e. The van der Waals surface area contributed by atoms with E-state index in [2.05, 4.69) is 36.5 Å². The molecule has 1 aliphatic carbocycles. The average Bonchev–Trinajstić information content (AvgIpc) is 2.46. The van der Waals surface area contributed by atoms with Crippen LogP contribution in [-0.4, -0.2) is 11.9 Å². The topological polar surface area (TPSA) is 12.0 Å². The van der Waals surface area contributed by atoms with Crippen molar-refractivity contribution < 1.29 is 0 Å². The van der Waals surface area contributed by atoms with Crippen LogP contribution in [0.25, 0.3) is 0 Å². The van der Waals surface area contributed by atoms with Crippen molar-refractivity contribution in [1.29, 1.82) is 0 Å². The maximum atomic E-state index is 6.06. The fraction of sp³-hybridized carbons (Fsp3) is 0.625. The molecule has 0 aromatic heterocycles. The summed E-state index contributed by atoms with van der Waals surface area (Å²) in [6.07, 6.45) is 6.38. The van der Waals surface area contributed by atoms with Crippen molar-refractivity contribution in [2.45, 2.75) is 51.6 Å². The van der Waals surface area contributed by atoms with Crippen LogP contribution < -0.4 is 5.32 Å². The highest BCUT2D eigenvalue weighted by Crippen LogP contribution is 2.25. The van der Waals surface area contributed by atoms with Gasteiger partial charge in [-0.2, -0.15) is 0 Å². The van der Waals surface area contributed by atoms with Gasteiger partial charge in [-0.15, -0.1) is 11.6 Å². The molecule has 1 fully saturated rings. The molecule has 2 atom stereocenters. The van der Waals surface area contributed by atoms with Gasteiger partial charge in [-0.3, -0.25) is 0 Å². The normalized spacial score (nSPS) is 24.1. The van der Waals surface area contributed by atoms with Crippen molar-refractivity contribution in [3.8, 4) is 0 Å². The monoisotopic (exact) mass is 265 g/mol. The van der Waals surface area contributed by atoms with E-state index >= 15 is 0 Å². The summed E-state index contributed by atoms with van der Waals surface area (Å²) >= 11 is 6.06. The Morgan fingerprint density at radius 3 is 2.44 bits per heavy atom. The zero-order valence-corrected chi connectivity index (χ0v) is 12.0. The van der Waals surface area contributed by atoms with Gasteiger partial charge in [0.15, 0.2) is 0 Å². The summed E-state index contributed by atoms with van der Waals surface area (Å²) < 4.78 is 0. The van der Waals surface area contributed by atoms with E-state index in [4.69, 9.17) is 11.6 Å². The summed E-state index contributed by atoms with van der Waals surface area (Å²) in [4.78, 5) is 0. The SMILES string of the molecule is CCc1ccc(CNC2CCCCC2CCl)cc1. The van der Waals surface area contributed by atoms with E-state index in [-0.39, 0.29) is 0 Å². The van der Waals surface area contributed by atoms with E-state index in [1.165, 1.54) is 36.8 Å². The fourth-order valence-electron chi connectivity index (χ4n) is 2.80. The van der Waals surface area contributed by atoms with E-state index in [1.807, 2.05) is 0 Å². The predicted octanol–water partition coefficient (Wildman–Crippen LogP) is 4.14. The number of rotatable bonds is 5. The molecule has 0 aliphatic heterocycles. The summed E-state index contributed by atoms with van der Waals surface area (Å²) in [5, 5.41) is 3.69. The summed E-state index contributed by atoms with van der Waals surface area (Å²) in [5.41, 5.74) is 2.79. The summed E-state index contributed by atoms with van der Waals surface area (Å²) in [6.45, 7) is 3.17. The van der Waals surface area contributed by atoms with Gasteiger partial charge in [-0.25, -0.2) is 0 Å². The van der Waals surface area contributed by atoms with Gasteiger partial charge >= 0.3 is 0 Å². The molecule has 0 amide bonds. The molecule has 0 heterocycles. The Kier molecular flexibility index (Phi) is 5.52. The third-order valence-electron chi connectivity index (χ3n) is 4.11. The van der Waals surface area contributed by atoms with Crippen LogP contribution >= 0.6 is 11.6 Å². The first kappa shape index (κ1) is 13.9. The first-order valence-electron chi connectivity index (χ1n) is 7.20. The third kappa shape index (κ3) is 3.73. The summed E-state index contributed by atoms with van der Waals surface area (Å²) in [5.74, 6) is 1.46. The van der Waals surface area contributed by atoms with Crippen LogP contribution in [0.4, 0.5) is 0 Å². The van der Waals surface area contributed by atoms with Crippen LogP contribution in [0.2, 0.25) is 0 Å². The number of benzene rings is 1. The summed E-state index contributed by atoms with van der Waals surface area (Å²) in [7, 11) is 0. The zero-order valence-electron chi connectivity index (χ0n) is 11.3. The summed E-state index contributed by atoms with van der Waals surface area (Å²) in [6, 6.07) is 9.56. The third-order valence-corrected chi connectivity index (χ3v) is 4.50. The second-order valence-corrected chi connectivity index (χ2v) is 5.66. The molecule has 1 saturated carbocycles. The smallest absolute Gasteiger partial charge is 0.0266 e. The standard InChI is InChI=1S/C16H24ClN/c1-2-13-7-9-14(10-8-13)12-18-16-6-4-3-5-15(16)11-17/h7-10,15-16,18H,2-6,11-12H2,1H3. The van der Waals surface area contributed by atoms with Crippen LogP contribution in [-0.2, 0) is 13.0 Å².